The summed E-state index contributed by atoms with van der Waals surface area (Å²) in [5, 5.41) is 15.6. The van der Waals surface area contributed by atoms with Gasteiger partial charge in [0.1, 0.15) is 5.57 Å². The van der Waals surface area contributed by atoms with Crippen LogP contribution in [0.1, 0.15) is 5.56 Å². The van der Waals surface area contributed by atoms with Crippen LogP contribution in [-0.2, 0) is 14.8 Å². The number of aliphatic hydroxyl groups is 1. The fraction of sp³-hybridized carbons (Fsp3) is 0.167. The third kappa shape index (κ3) is 4.07. The van der Waals surface area contributed by atoms with Gasteiger partial charge in [0, 0.05) is 6.21 Å². The quantitative estimate of drug-likeness (QED) is 0.443. The van der Waals surface area contributed by atoms with Crippen LogP contribution >= 0.6 is 0 Å². The zero-order chi connectivity index (χ0) is 17.1. The highest BCUT2D eigenvalue weighted by molar-refractivity contribution is 7.90. The van der Waals surface area contributed by atoms with E-state index in [0.29, 0.717) is 0 Å². The maximum atomic E-state index is 12.3. The van der Waals surface area contributed by atoms with Crippen LogP contribution in [0.25, 0.3) is 0 Å². The van der Waals surface area contributed by atoms with Crippen molar-refractivity contribution in [2.75, 3.05) is 0 Å². The Morgan fingerprint density at radius 1 is 1.27 bits per heavy atom. The second-order valence-corrected chi connectivity index (χ2v) is 5.83. The smallest absolute Gasteiger partial charge is 0.449 e. The van der Waals surface area contributed by atoms with E-state index in [1.807, 2.05) is 0 Å². The van der Waals surface area contributed by atoms with Crippen LogP contribution in [0.15, 0.2) is 40.5 Å². The summed E-state index contributed by atoms with van der Waals surface area (Å²) < 4.78 is 62.0. The number of hydrogen-bond acceptors (Lipinski definition) is 5. The molecule has 0 unspecified atom stereocenters. The van der Waals surface area contributed by atoms with E-state index in [0.717, 1.165) is 17.7 Å². The predicted octanol–water partition coefficient (Wildman–Crippen LogP) is 1.82. The van der Waals surface area contributed by atoms with Gasteiger partial charge < -0.3 is 10.5 Å². The molecular weight excluding hydrogens is 325 g/mol. The number of allylic oxidation sites excluding steroid dienone is 1. The van der Waals surface area contributed by atoms with Crippen LogP contribution in [-0.4, -0.2) is 31.8 Å². The lowest BCUT2D eigenvalue weighted by Crippen LogP contribution is -2.34. The number of sulfonamides is 1. The first-order valence-electron chi connectivity index (χ1n) is 5.63. The molecule has 0 saturated heterocycles. The van der Waals surface area contributed by atoms with Gasteiger partial charge in [-0.15, -0.1) is 0 Å². The summed E-state index contributed by atoms with van der Waals surface area (Å²) in [5.41, 5.74) is -0.775. The Morgan fingerprint density at radius 3 is 2.18 bits per heavy atom. The second-order valence-electron chi connectivity index (χ2n) is 4.15. The second kappa shape index (κ2) is 6.18. The summed E-state index contributed by atoms with van der Waals surface area (Å²) in [6, 6.07) is 5.17. The zero-order valence-electron chi connectivity index (χ0n) is 11.1. The van der Waals surface area contributed by atoms with Gasteiger partial charge in [-0.3, -0.25) is 4.79 Å². The molecule has 0 bridgehead atoms. The molecule has 6 nitrogen and oxygen atoms in total. The molecule has 0 radical (unpaired) electrons. The molecule has 1 aromatic rings. The number of alkyl halides is 3. The first-order chi connectivity index (χ1) is 9.99. The number of carbonyl (C=O) groups excluding carboxylic acids is 1. The molecule has 0 atom stereocenters. The summed E-state index contributed by atoms with van der Waals surface area (Å²) in [7, 11) is -4.43. The number of amides is 1. The third-order valence-electron chi connectivity index (χ3n) is 2.47. The molecule has 22 heavy (non-hydrogen) atoms. The topological polar surface area (TPSA) is 107 Å². The van der Waals surface area contributed by atoms with Crippen molar-refractivity contribution in [3.8, 4) is 0 Å². The molecule has 1 rings (SSSR count). The minimum absolute atomic E-state index is 0.0805. The van der Waals surface area contributed by atoms with Gasteiger partial charge in [-0.1, -0.05) is 17.7 Å². The van der Waals surface area contributed by atoms with E-state index >= 15 is 0 Å². The molecule has 10 heteroatoms. The van der Waals surface area contributed by atoms with E-state index in [9.17, 15) is 26.4 Å². The van der Waals surface area contributed by atoms with Crippen LogP contribution in [0.5, 0.6) is 0 Å². The molecule has 0 aliphatic heterocycles. The fourth-order valence-electron chi connectivity index (χ4n) is 1.35. The molecule has 1 aromatic carbocycles. The Balaban J connectivity index is 3.15. The van der Waals surface area contributed by atoms with Gasteiger partial charge in [0.05, 0.1) is 4.90 Å². The van der Waals surface area contributed by atoms with Crippen LogP contribution in [0.4, 0.5) is 13.2 Å². The van der Waals surface area contributed by atoms with Crippen molar-refractivity contribution in [3.63, 3.8) is 0 Å². The Bertz CT molecular complexity index is 722. The predicted molar refractivity (Wildman–Crippen MR) is 71.0 cm³/mol. The van der Waals surface area contributed by atoms with Gasteiger partial charge in [-0.25, -0.2) is 13.1 Å². The summed E-state index contributed by atoms with van der Waals surface area (Å²) >= 11 is 0. The molecule has 0 spiro atoms. The average molecular weight is 336 g/mol. The number of aliphatic hydroxyl groups excluding tert-OH is 1. The Labute approximate surface area is 123 Å². The molecule has 1 amide bonds. The zero-order valence-corrected chi connectivity index (χ0v) is 11.9. The molecule has 3 N–H and O–H groups in total. The lowest BCUT2D eigenvalue weighted by Gasteiger charge is -2.10. The largest absolute Gasteiger partial charge is 0.504 e. The SMILES string of the molecule is Cc1ccc(S(=O)(=O)NC(=O)/C(C=N)=C(/O)C(F)(F)F)cc1. The van der Waals surface area contributed by atoms with Crippen molar-refractivity contribution in [3.05, 3.63) is 41.2 Å². The summed E-state index contributed by atoms with van der Waals surface area (Å²) in [4.78, 5) is 11.2. The third-order valence-corrected chi connectivity index (χ3v) is 3.82. The van der Waals surface area contributed by atoms with Gasteiger partial charge in [0.2, 0.25) is 5.76 Å². The van der Waals surface area contributed by atoms with E-state index in [-0.39, 0.29) is 11.1 Å². The van der Waals surface area contributed by atoms with Crippen LogP contribution < -0.4 is 4.72 Å². The maximum absolute atomic E-state index is 12.3. The van der Waals surface area contributed by atoms with Crippen LogP contribution in [0.3, 0.4) is 0 Å². The highest BCUT2D eigenvalue weighted by atomic mass is 32.2. The number of aryl methyl sites for hydroxylation is 1. The summed E-state index contributed by atoms with van der Waals surface area (Å²) in [6.45, 7) is 1.69. The number of benzene rings is 1. The minimum Gasteiger partial charge on any atom is -0.504 e. The van der Waals surface area contributed by atoms with Gasteiger partial charge in [0.15, 0.2) is 0 Å². The summed E-state index contributed by atoms with van der Waals surface area (Å²) in [6.07, 6.45) is -5.36. The summed E-state index contributed by atoms with van der Waals surface area (Å²) in [5.74, 6) is -4.11. The van der Waals surface area contributed by atoms with E-state index in [1.165, 1.54) is 16.9 Å². The molecule has 120 valence electrons. The Hall–Kier alpha value is -2.36. The average Bonchev–Trinajstić information content (AvgIpc) is 2.38. The standard InChI is InChI=1S/C12H11F3N2O4S/c1-7-2-4-8(5-3-7)22(20,21)17-11(19)9(6-16)10(18)12(13,14)15/h2-6,16,18H,1H3,(H,17,19)/b10-9+,16-6?. The van der Waals surface area contributed by atoms with Gasteiger partial charge in [-0.05, 0) is 19.1 Å². The maximum Gasteiger partial charge on any atom is 0.449 e. The fourth-order valence-corrected chi connectivity index (χ4v) is 2.31. The number of carbonyl (C=O) groups is 1. The van der Waals surface area contributed by atoms with Crippen molar-refractivity contribution in [1.82, 2.24) is 4.72 Å². The number of rotatable bonds is 4. The monoisotopic (exact) mass is 336 g/mol. The Kier molecular flexibility index (Phi) is 4.97. The van der Waals surface area contributed by atoms with Crippen molar-refractivity contribution < 1.29 is 31.5 Å². The van der Waals surface area contributed by atoms with E-state index < -0.39 is 33.4 Å². The first-order valence-corrected chi connectivity index (χ1v) is 7.12. The van der Waals surface area contributed by atoms with Crippen molar-refractivity contribution in [1.29, 1.82) is 5.41 Å². The van der Waals surface area contributed by atoms with E-state index in [4.69, 9.17) is 10.5 Å². The number of nitrogens with one attached hydrogen (secondary N) is 2. The van der Waals surface area contributed by atoms with Crippen molar-refractivity contribution >= 4 is 22.1 Å². The molecule has 0 fully saturated rings. The van der Waals surface area contributed by atoms with Crippen LogP contribution in [0.2, 0.25) is 0 Å². The number of halogens is 3. The molecule has 0 aliphatic rings. The molecular formula is C12H11F3N2O4S. The van der Waals surface area contributed by atoms with Crippen LogP contribution in [0, 0.1) is 12.3 Å². The van der Waals surface area contributed by atoms with Gasteiger partial charge in [0.25, 0.3) is 15.9 Å². The normalized spacial score (nSPS) is 13.3. The molecule has 0 aromatic heterocycles. The highest BCUT2D eigenvalue weighted by Crippen LogP contribution is 2.25. The molecule has 0 aliphatic carbocycles. The molecule has 0 heterocycles. The van der Waals surface area contributed by atoms with Crippen molar-refractivity contribution in [2.24, 2.45) is 0 Å². The van der Waals surface area contributed by atoms with E-state index in [2.05, 4.69) is 0 Å². The number of hydrogen-bond donors (Lipinski definition) is 3. The van der Waals surface area contributed by atoms with Gasteiger partial charge in [-0.2, -0.15) is 13.2 Å². The van der Waals surface area contributed by atoms with Crippen molar-refractivity contribution in [2.45, 2.75) is 18.0 Å². The van der Waals surface area contributed by atoms with Gasteiger partial charge >= 0.3 is 6.18 Å². The lowest BCUT2D eigenvalue weighted by molar-refractivity contribution is -0.126. The molecule has 0 saturated carbocycles. The first kappa shape index (κ1) is 17.7. The van der Waals surface area contributed by atoms with E-state index in [1.54, 1.807) is 6.92 Å². The minimum atomic E-state index is -5.28. The highest BCUT2D eigenvalue weighted by Gasteiger charge is 2.38. The Morgan fingerprint density at radius 2 is 1.77 bits per heavy atom. The lowest BCUT2D eigenvalue weighted by atomic mass is 10.2.